The van der Waals surface area contributed by atoms with E-state index in [0.717, 1.165) is 6.42 Å². The lowest BCUT2D eigenvalue weighted by atomic mass is 10.1. The van der Waals surface area contributed by atoms with Gasteiger partial charge in [0.05, 0.1) is 12.5 Å². The molecule has 4 rings (SSSR count). The maximum atomic E-state index is 11.5. The summed E-state index contributed by atoms with van der Waals surface area (Å²) in [6, 6.07) is 0. The summed E-state index contributed by atoms with van der Waals surface area (Å²) in [5.41, 5.74) is 0. The Morgan fingerprint density at radius 1 is 1.57 bits per heavy atom. The van der Waals surface area contributed by atoms with Gasteiger partial charge in [0.25, 0.3) is 0 Å². The summed E-state index contributed by atoms with van der Waals surface area (Å²) >= 11 is 0. The third-order valence-electron chi connectivity index (χ3n) is 3.72. The molecule has 4 nitrogen and oxygen atoms in total. The van der Waals surface area contributed by atoms with Crippen LogP contribution in [0, 0.1) is 23.7 Å². The minimum atomic E-state index is -0.622. The summed E-state index contributed by atoms with van der Waals surface area (Å²) in [6.07, 6.45) is 0.137. The zero-order valence-corrected chi connectivity index (χ0v) is 7.93. The first kappa shape index (κ1) is 8.26. The van der Waals surface area contributed by atoms with E-state index in [9.17, 15) is 9.59 Å². The highest BCUT2D eigenvalue weighted by molar-refractivity contribution is 5.94. The molecule has 0 aromatic carbocycles. The predicted octanol–water partition coefficient (Wildman–Crippen LogP) is 0.993. The molecule has 0 N–H and O–H groups in total. The molecule has 3 unspecified atom stereocenters. The fraction of sp³-hybridized carbons (Fsp3) is 0.800. The fourth-order valence-corrected chi connectivity index (χ4v) is 3.20. The molecule has 5 atom stereocenters. The molecule has 0 aliphatic heterocycles. The van der Waals surface area contributed by atoms with Gasteiger partial charge in [-0.15, -0.1) is 0 Å². The number of hydrogen-bond donors (Lipinski definition) is 0. The summed E-state index contributed by atoms with van der Waals surface area (Å²) in [4.78, 5) is 22.6. The van der Waals surface area contributed by atoms with Gasteiger partial charge < -0.3 is 9.47 Å². The van der Waals surface area contributed by atoms with Gasteiger partial charge in [-0.1, -0.05) is 0 Å². The van der Waals surface area contributed by atoms with Crippen LogP contribution in [0.3, 0.4) is 0 Å². The third-order valence-corrected chi connectivity index (χ3v) is 3.72. The Morgan fingerprint density at radius 3 is 2.79 bits per heavy atom. The average molecular weight is 196 g/mol. The van der Waals surface area contributed by atoms with Crippen LogP contribution in [0.15, 0.2) is 0 Å². The van der Waals surface area contributed by atoms with Crippen molar-refractivity contribution in [1.29, 1.82) is 0 Å². The highest BCUT2D eigenvalue weighted by atomic mass is 16.7. The lowest BCUT2D eigenvalue weighted by Crippen LogP contribution is -2.24. The topological polar surface area (TPSA) is 52.6 Å². The number of Topliss-reactive ketones (excluding diaryl/α,β-unsaturated/α-hetero) is 1. The first-order valence-electron chi connectivity index (χ1n) is 5.11. The molecule has 0 amide bonds. The molecule has 0 saturated heterocycles. The van der Waals surface area contributed by atoms with Gasteiger partial charge in [0.15, 0.2) is 0 Å². The number of carbonyl (C=O) groups is 2. The van der Waals surface area contributed by atoms with Gasteiger partial charge in [0.1, 0.15) is 11.9 Å². The third kappa shape index (κ3) is 0.837. The maximum absolute atomic E-state index is 11.5. The van der Waals surface area contributed by atoms with Gasteiger partial charge in [-0.25, -0.2) is 4.79 Å². The summed E-state index contributed by atoms with van der Waals surface area (Å²) in [5, 5.41) is 0. The standard InChI is InChI=1S/C10H12O4/c1-2-13-10(12)14-9-5-3-4-6(7(4)9)8(5)11/h4-7,9H,2-3H2,1H3/t4?,5-,6?,7?,9+/m1/s1. The van der Waals surface area contributed by atoms with Crippen LogP contribution in [-0.2, 0) is 14.3 Å². The molecule has 4 saturated carbocycles. The lowest BCUT2D eigenvalue weighted by molar-refractivity contribution is -0.122. The Labute approximate surface area is 81.6 Å². The van der Waals surface area contributed by atoms with Crippen molar-refractivity contribution in [2.45, 2.75) is 19.4 Å². The van der Waals surface area contributed by atoms with Crippen molar-refractivity contribution < 1.29 is 19.1 Å². The van der Waals surface area contributed by atoms with Gasteiger partial charge >= 0.3 is 6.16 Å². The Kier molecular flexibility index (Phi) is 1.47. The van der Waals surface area contributed by atoms with E-state index in [4.69, 9.17) is 9.47 Å². The van der Waals surface area contributed by atoms with E-state index in [1.54, 1.807) is 6.92 Å². The predicted molar refractivity (Wildman–Crippen MR) is 45.5 cm³/mol. The quantitative estimate of drug-likeness (QED) is 0.618. The minimum absolute atomic E-state index is 0.0144. The molecule has 4 bridgehead atoms. The molecule has 14 heavy (non-hydrogen) atoms. The Hall–Kier alpha value is -1.06. The van der Waals surface area contributed by atoms with Crippen molar-refractivity contribution in [3.63, 3.8) is 0 Å². The van der Waals surface area contributed by atoms with Gasteiger partial charge in [0.2, 0.25) is 0 Å². The first-order chi connectivity index (χ1) is 6.74. The van der Waals surface area contributed by atoms with Gasteiger partial charge in [-0.2, -0.15) is 0 Å². The van der Waals surface area contributed by atoms with Crippen molar-refractivity contribution in [2.24, 2.45) is 23.7 Å². The zero-order valence-electron chi connectivity index (χ0n) is 7.93. The molecule has 4 aliphatic carbocycles. The van der Waals surface area contributed by atoms with E-state index < -0.39 is 6.16 Å². The van der Waals surface area contributed by atoms with Crippen LogP contribution < -0.4 is 0 Å². The monoisotopic (exact) mass is 196 g/mol. The van der Waals surface area contributed by atoms with E-state index in [2.05, 4.69) is 0 Å². The van der Waals surface area contributed by atoms with Crippen LogP contribution in [0.25, 0.3) is 0 Å². The number of carbonyl (C=O) groups excluding carboxylic acids is 2. The molecule has 0 radical (unpaired) electrons. The van der Waals surface area contributed by atoms with E-state index in [1.165, 1.54) is 0 Å². The van der Waals surface area contributed by atoms with Gasteiger partial charge in [-0.05, 0) is 19.3 Å². The number of hydrogen-bond acceptors (Lipinski definition) is 4. The number of ether oxygens (including phenoxy) is 2. The molecule has 0 heterocycles. The smallest absolute Gasteiger partial charge is 0.435 e. The van der Waals surface area contributed by atoms with E-state index in [0.29, 0.717) is 24.2 Å². The number of rotatable bonds is 2. The second kappa shape index (κ2) is 2.49. The normalized spacial score (nSPS) is 46.6. The highest BCUT2D eigenvalue weighted by Crippen LogP contribution is 2.69. The second-order valence-electron chi connectivity index (χ2n) is 4.28. The molecule has 4 aliphatic rings. The van der Waals surface area contributed by atoms with Crippen molar-refractivity contribution >= 4 is 11.9 Å². The Bertz CT molecular complexity index is 311. The van der Waals surface area contributed by atoms with Crippen LogP contribution in [0.2, 0.25) is 0 Å². The average Bonchev–Trinajstić information content (AvgIpc) is 2.44. The Balaban J connectivity index is 1.66. The molecular weight excluding hydrogens is 184 g/mol. The van der Waals surface area contributed by atoms with Gasteiger partial charge in [0, 0.05) is 11.8 Å². The maximum Gasteiger partial charge on any atom is 0.508 e. The molecule has 0 aromatic rings. The summed E-state index contributed by atoms with van der Waals surface area (Å²) in [7, 11) is 0. The SMILES string of the molecule is CCOC(=O)O[C@@H]1C2C3C[C@@H]1C(=O)C32. The molecule has 4 heteroatoms. The van der Waals surface area contributed by atoms with Crippen molar-refractivity contribution in [3.8, 4) is 0 Å². The van der Waals surface area contributed by atoms with Crippen molar-refractivity contribution in [2.75, 3.05) is 6.61 Å². The largest absolute Gasteiger partial charge is 0.508 e. The zero-order chi connectivity index (χ0) is 9.87. The molecule has 76 valence electrons. The molecule has 0 aromatic heterocycles. The van der Waals surface area contributed by atoms with E-state index >= 15 is 0 Å². The molecule has 4 fully saturated rings. The lowest BCUT2D eigenvalue weighted by Gasteiger charge is -2.13. The van der Waals surface area contributed by atoms with Crippen LogP contribution in [0.1, 0.15) is 13.3 Å². The van der Waals surface area contributed by atoms with Crippen LogP contribution >= 0.6 is 0 Å². The van der Waals surface area contributed by atoms with E-state index in [-0.39, 0.29) is 17.9 Å². The second-order valence-corrected chi connectivity index (χ2v) is 4.28. The molecule has 0 spiro atoms. The summed E-state index contributed by atoms with van der Waals surface area (Å²) in [6.45, 7) is 2.06. The van der Waals surface area contributed by atoms with Crippen molar-refractivity contribution in [1.82, 2.24) is 0 Å². The Morgan fingerprint density at radius 2 is 2.36 bits per heavy atom. The highest BCUT2D eigenvalue weighted by Gasteiger charge is 2.75. The summed E-state index contributed by atoms with van der Waals surface area (Å²) in [5.74, 6) is 1.37. The van der Waals surface area contributed by atoms with Gasteiger partial charge in [-0.3, -0.25) is 4.79 Å². The molecular formula is C10H12O4. The van der Waals surface area contributed by atoms with Crippen LogP contribution in [0.5, 0.6) is 0 Å². The van der Waals surface area contributed by atoms with Crippen LogP contribution in [0.4, 0.5) is 4.79 Å². The summed E-state index contributed by atoms with van der Waals surface area (Å²) < 4.78 is 9.85. The van der Waals surface area contributed by atoms with Crippen molar-refractivity contribution in [3.05, 3.63) is 0 Å². The minimum Gasteiger partial charge on any atom is -0.435 e. The van der Waals surface area contributed by atoms with Crippen LogP contribution in [-0.4, -0.2) is 24.6 Å². The first-order valence-corrected chi connectivity index (χ1v) is 5.11. The fourth-order valence-electron chi connectivity index (χ4n) is 3.20. The van der Waals surface area contributed by atoms with E-state index in [1.807, 2.05) is 0 Å². The number of ketones is 1.